The van der Waals surface area contributed by atoms with Gasteiger partial charge in [0.05, 0.1) is 12.5 Å². The van der Waals surface area contributed by atoms with Gasteiger partial charge in [-0.05, 0) is 36.2 Å². The van der Waals surface area contributed by atoms with Crippen LogP contribution in [0, 0.1) is 13.8 Å². The fraction of sp³-hybridized carbons (Fsp3) is 0.333. The van der Waals surface area contributed by atoms with Crippen molar-refractivity contribution in [2.45, 2.75) is 32.7 Å². The zero-order valence-corrected chi connectivity index (χ0v) is 14.4. The van der Waals surface area contributed by atoms with Crippen molar-refractivity contribution >= 4 is 28.6 Å². The molecule has 0 aliphatic carbocycles. The predicted octanol–water partition coefficient (Wildman–Crippen LogP) is 2.85. The van der Waals surface area contributed by atoms with E-state index in [1.54, 1.807) is 29.6 Å². The maximum absolute atomic E-state index is 12.3. The lowest BCUT2D eigenvalue weighted by Gasteiger charge is -2.15. The van der Waals surface area contributed by atoms with Gasteiger partial charge < -0.3 is 5.32 Å². The van der Waals surface area contributed by atoms with E-state index in [1.807, 2.05) is 17.7 Å². The van der Waals surface area contributed by atoms with Gasteiger partial charge in [0.1, 0.15) is 16.4 Å². The quantitative estimate of drug-likeness (QED) is 0.741. The van der Waals surface area contributed by atoms with Crippen LogP contribution in [-0.2, 0) is 17.6 Å². The maximum Gasteiger partial charge on any atom is 0.226 e. The number of carbonyl (C=O) groups excluding carboxylic acids is 1. The zero-order chi connectivity index (χ0) is 16.2. The molecule has 23 heavy (non-hydrogen) atoms. The van der Waals surface area contributed by atoms with E-state index in [0.29, 0.717) is 11.4 Å². The fourth-order valence-electron chi connectivity index (χ4n) is 2.18. The summed E-state index contributed by atoms with van der Waals surface area (Å²) < 4.78 is 4.64. The van der Waals surface area contributed by atoms with E-state index >= 15 is 0 Å². The minimum atomic E-state index is -0.143. The van der Waals surface area contributed by atoms with E-state index in [0.717, 1.165) is 17.1 Å². The summed E-state index contributed by atoms with van der Waals surface area (Å²) in [6.45, 7) is 3.72. The van der Waals surface area contributed by atoms with Gasteiger partial charge in [0, 0.05) is 17.5 Å². The number of nitrogens with zero attached hydrogens (tertiary/aromatic N) is 3. The summed E-state index contributed by atoms with van der Waals surface area (Å²) in [6.07, 6.45) is 0.873. The third-order valence-corrected chi connectivity index (χ3v) is 5.17. The smallest absolute Gasteiger partial charge is 0.226 e. The van der Waals surface area contributed by atoms with E-state index in [-0.39, 0.29) is 18.4 Å². The van der Waals surface area contributed by atoms with Gasteiger partial charge >= 0.3 is 0 Å². The molecule has 0 saturated heterocycles. The molecule has 3 rings (SSSR count). The van der Waals surface area contributed by atoms with Crippen molar-refractivity contribution in [1.82, 2.24) is 20.6 Å². The summed E-state index contributed by atoms with van der Waals surface area (Å²) in [5, 5.41) is 17.5. The number of rotatable bonds is 6. The largest absolute Gasteiger partial charge is 0.346 e. The topological polar surface area (TPSA) is 80.9 Å². The van der Waals surface area contributed by atoms with E-state index in [4.69, 9.17) is 0 Å². The second kappa shape index (κ2) is 7.01. The van der Waals surface area contributed by atoms with E-state index in [9.17, 15) is 4.79 Å². The van der Waals surface area contributed by atoms with Crippen LogP contribution >= 0.6 is 22.7 Å². The molecule has 6 nitrogen and oxygen atoms in total. The van der Waals surface area contributed by atoms with Crippen LogP contribution in [0.4, 0.5) is 0 Å². The number of aromatic nitrogens is 3. The van der Waals surface area contributed by atoms with Gasteiger partial charge in [-0.1, -0.05) is 10.3 Å². The van der Waals surface area contributed by atoms with Crippen LogP contribution in [-0.4, -0.2) is 21.2 Å². The summed E-state index contributed by atoms with van der Waals surface area (Å²) in [5.41, 5.74) is 3.35. The Balaban J connectivity index is 1.72. The molecule has 1 N–H and O–H groups in total. The number of hydrogen-bond donors (Lipinski definition) is 1. The summed E-state index contributed by atoms with van der Waals surface area (Å²) in [5.74, 6) is -0.114. The summed E-state index contributed by atoms with van der Waals surface area (Å²) in [4.78, 5) is 16.9. The summed E-state index contributed by atoms with van der Waals surface area (Å²) in [6, 6.07) is 1.92. The number of nitrogens with one attached hydrogen (secondary N) is 1. The molecule has 0 aliphatic rings. The van der Waals surface area contributed by atoms with Crippen LogP contribution in [0.2, 0.25) is 0 Å². The van der Waals surface area contributed by atoms with Crippen molar-refractivity contribution in [1.29, 1.82) is 0 Å². The van der Waals surface area contributed by atoms with Gasteiger partial charge in [-0.25, -0.2) is 9.61 Å². The highest BCUT2D eigenvalue weighted by molar-refractivity contribution is 7.09. The normalized spacial score (nSPS) is 12.3. The monoisotopic (exact) mass is 348 g/mol. The number of thiazole rings is 1. The Morgan fingerprint density at radius 3 is 2.83 bits per heavy atom. The molecule has 1 amide bonds. The van der Waals surface area contributed by atoms with Crippen LogP contribution in [0.3, 0.4) is 0 Å². The number of hydrogen-bond acceptors (Lipinski definition) is 7. The molecule has 0 aliphatic heterocycles. The van der Waals surface area contributed by atoms with Gasteiger partial charge in [-0.2, -0.15) is 11.3 Å². The van der Waals surface area contributed by atoms with E-state index in [2.05, 4.69) is 36.7 Å². The van der Waals surface area contributed by atoms with Crippen LogP contribution in [0.5, 0.6) is 0 Å². The third-order valence-electron chi connectivity index (χ3n) is 3.36. The number of amides is 1. The van der Waals surface area contributed by atoms with E-state index in [1.165, 1.54) is 5.56 Å². The molecule has 0 bridgehead atoms. The Labute approximate surface area is 141 Å². The molecule has 0 aromatic carbocycles. The first kappa shape index (κ1) is 15.8. The van der Waals surface area contributed by atoms with Crippen molar-refractivity contribution in [3.63, 3.8) is 0 Å². The second-order valence-electron chi connectivity index (χ2n) is 5.26. The molecule has 0 spiro atoms. The van der Waals surface area contributed by atoms with Crippen molar-refractivity contribution in [2.24, 2.45) is 0 Å². The Kier molecular flexibility index (Phi) is 4.82. The molecule has 3 aromatic rings. The van der Waals surface area contributed by atoms with Gasteiger partial charge in [-0.15, -0.1) is 11.3 Å². The molecular formula is C15H16N4O2S2. The first-order valence-electron chi connectivity index (χ1n) is 7.12. The Morgan fingerprint density at radius 2 is 2.22 bits per heavy atom. The lowest BCUT2D eigenvalue weighted by atomic mass is 10.1. The molecule has 3 aromatic heterocycles. The lowest BCUT2D eigenvalue weighted by Crippen LogP contribution is -2.31. The standard InChI is InChI=1S/C15H16N4O2S2/c1-9-7-23-15(16-9)13(5-11-3-4-22-8-11)17-14(20)6-12-10(2)18-21-19-12/h3-4,7-8,13H,5-6H2,1-2H3,(H,17,20). The molecule has 1 atom stereocenters. The molecule has 0 saturated carbocycles. The first-order chi connectivity index (χ1) is 11.1. The summed E-state index contributed by atoms with van der Waals surface area (Å²) >= 11 is 3.21. The van der Waals surface area contributed by atoms with Gasteiger partial charge in [0.25, 0.3) is 0 Å². The molecule has 120 valence electrons. The number of carbonyl (C=O) groups is 1. The van der Waals surface area contributed by atoms with Crippen LogP contribution < -0.4 is 5.32 Å². The predicted molar refractivity (Wildman–Crippen MR) is 88.5 cm³/mol. The van der Waals surface area contributed by atoms with Gasteiger partial charge in [0.15, 0.2) is 0 Å². The highest BCUT2D eigenvalue weighted by Crippen LogP contribution is 2.23. The fourth-order valence-corrected chi connectivity index (χ4v) is 3.71. The SMILES string of the molecule is Cc1csc(C(Cc2ccsc2)NC(=O)Cc2nonc2C)n1. The molecule has 3 heterocycles. The first-order valence-corrected chi connectivity index (χ1v) is 8.94. The van der Waals surface area contributed by atoms with Crippen LogP contribution in [0.25, 0.3) is 0 Å². The zero-order valence-electron chi connectivity index (χ0n) is 12.8. The van der Waals surface area contributed by atoms with E-state index < -0.39 is 0 Å². The number of thiophene rings is 1. The summed E-state index contributed by atoms with van der Waals surface area (Å²) in [7, 11) is 0. The van der Waals surface area contributed by atoms with Gasteiger partial charge in [-0.3, -0.25) is 4.79 Å². The highest BCUT2D eigenvalue weighted by Gasteiger charge is 2.20. The number of aryl methyl sites for hydroxylation is 2. The van der Waals surface area contributed by atoms with Crippen molar-refractivity contribution < 1.29 is 9.42 Å². The Bertz CT molecular complexity index is 779. The van der Waals surface area contributed by atoms with Crippen molar-refractivity contribution in [2.75, 3.05) is 0 Å². The molecule has 0 fully saturated rings. The van der Waals surface area contributed by atoms with Gasteiger partial charge in [0.2, 0.25) is 5.91 Å². The Morgan fingerprint density at radius 1 is 1.35 bits per heavy atom. The minimum absolute atomic E-state index is 0.114. The average molecular weight is 348 g/mol. The molecular weight excluding hydrogens is 332 g/mol. The van der Waals surface area contributed by atoms with Crippen LogP contribution in [0.1, 0.15) is 33.7 Å². The molecule has 0 radical (unpaired) electrons. The molecule has 8 heteroatoms. The van der Waals surface area contributed by atoms with Crippen molar-refractivity contribution in [3.8, 4) is 0 Å². The Hall–Kier alpha value is -2.06. The third kappa shape index (κ3) is 4.02. The lowest BCUT2D eigenvalue weighted by molar-refractivity contribution is -0.121. The van der Waals surface area contributed by atoms with Crippen molar-refractivity contribution in [3.05, 3.63) is 49.9 Å². The minimum Gasteiger partial charge on any atom is -0.346 e. The van der Waals surface area contributed by atoms with Crippen LogP contribution in [0.15, 0.2) is 26.8 Å². The maximum atomic E-state index is 12.3. The highest BCUT2D eigenvalue weighted by atomic mass is 32.1. The average Bonchev–Trinajstić information content (AvgIpc) is 3.23. The second-order valence-corrected chi connectivity index (χ2v) is 6.93. The molecule has 1 unspecified atom stereocenters.